The lowest BCUT2D eigenvalue weighted by Gasteiger charge is -2.19. The van der Waals surface area contributed by atoms with Gasteiger partial charge in [-0.2, -0.15) is 23.3 Å². The molecule has 0 saturated heterocycles. The minimum Gasteiger partial charge on any atom is -0.495 e. The molecule has 6 heterocycles. The number of anilines is 4. The van der Waals surface area contributed by atoms with Crippen LogP contribution in [-0.4, -0.2) is 53.0 Å². The first kappa shape index (κ1) is 32.9. The zero-order valence-electron chi connectivity index (χ0n) is 24.9. The van der Waals surface area contributed by atoms with E-state index in [1.807, 2.05) is 0 Å². The molecule has 12 nitrogen and oxygen atoms in total. The lowest BCUT2D eigenvalue weighted by molar-refractivity contribution is -0.137. The number of nitrogens with zero attached hydrogens (tertiary/aromatic N) is 4. The first-order valence-corrected chi connectivity index (χ1v) is 15.8. The van der Waals surface area contributed by atoms with Crippen molar-refractivity contribution in [2.75, 3.05) is 38.0 Å². The van der Waals surface area contributed by atoms with Gasteiger partial charge in [-0.3, -0.25) is 14.0 Å². The molecule has 0 radical (unpaired) electrons. The average Bonchev–Trinajstić information content (AvgIpc) is 3.47. The smallest absolute Gasteiger partial charge is 0.421 e. The predicted molar refractivity (Wildman–Crippen MR) is 161 cm³/mol. The molecule has 0 saturated carbocycles. The van der Waals surface area contributed by atoms with E-state index in [9.17, 15) is 22.5 Å². The minimum atomic E-state index is -4.90. The number of alkyl halides is 3. The standard InChI is InChI=1S/C29H30F4N7O5P/c1-4-44-46(42)16-17-6-7-23(25(10-17)43-3)38-28-35-14-21(29(31,32)33)26(39-28)37-24-12-22(30)19(11-20(24)27(41)34-2)18-13-36-40(15-18)8-5-9-45-46/h6-7,10-15H,4-5,8-9,16H2,1-3H3,(H,34,41)(H2,35,37,38,39)/t46-/m0/s1. The summed E-state index contributed by atoms with van der Waals surface area (Å²) in [6, 6.07) is 6.89. The summed E-state index contributed by atoms with van der Waals surface area (Å²) in [5, 5.41) is 12.0. The molecular weight excluding hydrogens is 633 g/mol. The Labute approximate surface area is 261 Å². The molecule has 0 fully saturated rings. The Bertz CT molecular complexity index is 1800. The van der Waals surface area contributed by atoms with Crippen LogP contribution in [0.4, 0.5) is 40.7 Å². The van der Waals surface area contributed by atoms with Gasteiger partial charge in [0, 0.05) is 37.1 Å². The fourth-order valence-corrected chi connectivity index (χ4v) is 6.46. The highest BCUT2D eigenvalue weighted by Crippen LogP contribution is 2.52. The second-order valence-electron chi connectivity index (χ2n) is 10.1. The number of aryl methyl sites for hydroxylation is 1. The van der Waals surface area contributed by atoms with Gasteiger partial charge in [-0.15, -0.1) is 0 Å². The van der Waals surface area contributed by atoms with Crippen molar-refractivity contribution in [1.29, 1.82) is 0 Å². The normalized spacial score (nSPS) is 16.9. The molecule has 46 heavy (non-hydrogen) atoms. The molecular formula is C29H30F4N7O5P. The van der Waals surface area contributed by atoms with Gasteiger partial charge in [0.25, 0.3) is 5.91 Å². The zero-order chi connectivity index (χ0) is 33.1. The summed E-state index contributed by atoms with van der Waals surface area (Å²) in [7, 11) is -0.880. The van der Waals surface area contributed by atoms with Crippen molar-refractivity contribution in [2.45, 2.75) is 32.2 Å². The summed E-state index contributed by atoms with van der Waals surface area (Å²) >= 11 is 0. The van der Waals surface area contributed by atoms with Crippen molar-refractivity contribution < 1.29 is 40.7 Å². The van der Waals surface area contributed by atoms with Gasteiger partial charge in [-0.05, 0) is 43.2 Å². The van der Waals surface area contributed by atoms with E-state index in [-0.39, 0.29) is 53.6 Å². The van der Waals surface area contributed by atoms with Crippen molar-refractivity contribution in [1.82, 2.24) is 25.1 Å². The minimum absolute atomic E-state index is 0.00848. The maximum Gasteiger partial charge on any atom is 0.421 e. The first-order chi connectivity index (χ1) is 21.9. The first-order valence-electron chi connectivity index (χ1n) is 14.0. The van der Waals surface area contributed by atoms with E-state index in [4.69, 9.17) is 13.8 Å². The van der Waals surface area contributed by atoms with E-state index in [0.717, 1.165) is 6.07 Å². The van der Waals surface area contributed by atoms with Gasteiger partial charge in [-0.1, -0.05) is 6.07 Å². The summed E-state index contributed by atoms with van der Waals surface area (Å²) < 4.78 is 89.5. The van der Waals surface area contributed by atoms with Gasteiger partial charge in [0.2, 0.25) is 5.95 Å². The number of methoxy groups -OCH3 is 1. The summed E-state index contributed by atoms with van der Waals surface area (Å²) in [6.07, 6.45) is -1.09. The summed E-state index contributed by atoms with van der Waals surface area (Å²) in [6.45, 7) is 2.23. The molecule has 1 atom stereocenters. The second-order valence-corrected chi connectivity index (χ2v) is 12.1. The third-order valence-corrected chi connectivity index (χ3v) is 8.88. The van der Waals surface area contributed by atoms with Crippen LogP contribution in [0, 0.1) is 5.82 Å². The van der Waals surface area contributed by atoms with Crippen LogP contribution < -0.4 is 20.7 Å². The van der Waals surface area contributed by atoms with Crippen LogP contribution in [0.15, 0.2) is 48.9 Å². The van der Waals surface area contributed by atoms with Gasteiger partial charge < -0.3 is 29.7 Å². The van der Waals surface area contributed by atoms with E-state index >= 15 is 4.39 Å². The number of carbonyl (C=O) groups is 1. The third-order valence-electron chi connectivity index (χ3n) is 6.90. The molecule has 2 aromatic carbocycles. The fourth-order valence-electron chi connectivity index (χ4n) is 4.75. The molecule has 4 aromatic rings. The molecule has 8 rings (SSSR count). The van der Waals surface area contributed by atoms with E-state index in [0.29, 0.717) is 30.3 Å². The monoisotopic (exact) mass is 663 g/mol. The van der Waals surface area contributed by atoms with Crippen LogP contribution in [0.1, 0.15) is 34.8 Å². The quantitative estimate of drug-likeness (QED) is 0.164. The van der Waals surface area contributed by atoms with Crippen LogP contribution in [0.5, 0.6) is 5.75 Å². The number of ether oxygens (including phenoxy) is 1. The molecule has 1 amide bonds. The summed E-state index contributed by atoms with van der Waals surface area (Å²) in [5.74, 6) is -2.27. The van der Waals surface area contributed by atoms with E-state index < -0.39 is 36.9 Å². The van der Waals surface area contributed by atoms with Crippen molar-refractivity contribution >= 4 is 36.6 Å². The molecule has 3 N–H and O–H groups in total. The Morgan fingerprint density at radius 1 is 1.17 bits per heavy atom. The molecule has 2 aromatic heterocycles. The second kappa shape index (κ2) is 13.4. The number of hydrogen-bond donors (Lipinski definition) is 3. The Morgan fingerprint density at radius 2 is 1.98 bits per heavy atom. The van der Waals surface area contributed by atoms with Crippen LogP contribution >= 0.6 is 7.60 Å². The number of hydrogen-bond acceptors (Lipinski definition) is 10. The van der Waals surface area contributed by atoms with Gasteiger partial charge >= 0.3 is 13.8 Å². The van der Waals surface area contributed by atoms with E-state index in [1.165, 1.54) is 31.1 Å². The highest BCUT2D eigenvalue weighted by atomic mass is 31.2. The highest BCUT2D eigenvalue weighted by Gasteiger charge is 2.36. The number of carbonyl (C=O) groups excluding carboxylic acids is 1. The lowest BCUT2D eigenvalue weighted by Crippen LogP contribution is -2.20. The molecule has 0 spiro atoms. The number of aromatic nitrogens is 4. The van der Waals surface area contributed by atoms with Crippen molar-refractivity contribution in [2.24, 2.45) is 0 Å². The van der Waals surface area contributed by atoms with Crippen LogP contribution in [0.3, 0.4) is 0 Å². The van der Waals surface area contributed by atoms with Crippen LogP contribution in [0.2, 0.25) is 0 Å². The van der Waals surface area contributed by atoms with Gasteiger partial charge in [-0.25, -0.2) is 9.37 Å². The maximum atomic E-state index is 15.5. The van der Waals surface area contributed by atoms with Gasteiger partial charge in [0.1, 0.15) is 22.9 Å². The highest BCUT2D eigenvalue weighted by molar-refractivity contribution is 7.53. The zero-order valence-corrected chi connectivity index (χ0v) is 25.8. The predicted octanol–water partition coefficient (Wildman–Crippen LogP) is 6.50. The van der Waals surface area contributed by atoms with E-state index in [2.05, 4.69) is 31.0 Å². The summed E-state index contributed by atoms with van der Waals surface area (Å²) in [4.78, 5) is 20.7. The molecule has 4 aliphatic heterocycles. The number of halogens is 4. The SMILES string of the molecule is CCO[P@@]1(=O)Cc2ccc(c(OC)c2)Nc2ncc(C(F)(F)F)c(n2)Nc2cc(F)c(cc2C(=O)NC)-c2cnn(c2)CCCO1. The largest absolute Gasteiger partial charge is 0.495 e. The van der Waals surface area contributed by atoms with Crippen LogP contribution in [0.25, 0.3) is 11.1 Å². The molecule has 244 valence electrons. The van der Waals surface area contributed by atoms with Gasteiger partial charge in [0.15, 0.2) is 0 Å². The van der Waals surface area contributed by atoms with Crippen LogP contribution in [-0.2, 0) is 32.5 Å². The number of rotatable bonds is 4. The Morgan fingerprint density at radius 3 is 2.70 bits per heavy atom. The molecule has 0 unspecified atom stereocenters. The van der Waals surface area contributed by atoms with Gasteiger partial charge in [0.05, 0.1) is 49.6 Å². The number of benzene rings is 2. The molecule has 17 heteroatoms. The Hall–Kier alpha value is -4.53. The number of nitrogens with one attached hydrogen (secondary N) is 3. The topological polar surface area (TPSA) is 142 Å². The molecule has 4 aliphatic rings. The lowest BCUT2D eigenvalue weighted by atomic mass is 10.0. The number of amides is 1. The van der Waals surface area contributed by atoms with Crippen molar-refractivity contribution in [3.05, 3.63) is 71.4 Å². The molecule has 0 aliphatic carbocycles. The van der Waals surface area contributed by atoms with E-state index in [1.54, 1.807) is 31.3 Å². The third kappa shape index (κ3) is 7.30. The maximum absolute atomic E-state index is 15.5. The summed E-state index contributed by atoms with van der Waals surface area (Å²) in [5.41, 5.74) is -0.513. The molecule has 8 bridgehead atoms. The Kier molecular flexibility index (Phi) is 9.60. The van der Waals surface area contributed by atoms with Crippen molar-refractivity contribution in [3.63, 3.8) is 0 Å². The van der Waals surface area contributed by atoms with Crippen molar-refractivity contribution in [3.8, 4) is 16.9 Å². The Balaban J connectivity index is 1.65. The fraction of sp³-hybridized carbons (Fsp3) is 0.310. The average molecular weight is 664 g/mol.